The van der Waals surface area contributed by atoms with E-state index >= 15 is 0 Å². The van der Waals surface area contributed by atoms with Gasteiger partial charge in [0.2, 0.25) is 0 Å². The molecule has 0 saturated heterocycles. The first-order valence-electron chi connectivity index (χ1n) is 9.33. The number of rotatable bonds is 8. The van der Waals surface area contributed by atoms with E-state index in [0.29, 0.717) is 30.2 Å². The van der Waals surface area contributed by atoms with Crippen molar-refractivity contribution < 1.29 is 14.3 Å². The number of aromatic nitrogens is 1. The van der Waals surface area contributed by atoms with Gasteiger partial charge >= 0.3 is 0 Å². The summed E-state index contributed by atoms with van der Waals surface area (Å²) in [6, 6.07) is 15.5. The highest BCUT2D eigenvalue weighted by Gasteiger charge is 2.09. The van der Waals surface area contributed by atoms with Crippen molar-refractivity contribution in [1.29, 1.82) is 0 Å². The molecule has 0 atom stereocenters. The van der Waals surface area contributed by atoms with E-state index in [1.807, 2.05) is 30.3 Å². The quantitative estimate of drug-likeness (QED) is 0.608. The van der Waals surface area contributed by atoms with Gasteiger partial charge in [0.15, 0.2) is 11.5 Å². The molecule has 0 fully saturated rings. The molecule has 6 heteroatoms. The van der Waals surface area contributed by atoms with Gasteiger partial charge < -0.3 is 20.1 Å². The molecule has 0 aliphatic carbocycles. The normalized spacial score (nSPS) is 10.3. The molecule has 0 unspecified atom stereocenters. The standard InChI is InChI=1S/C23H25N3O3/c1-16-6-4-5-7-18(16)14-25-20-11-19(13-24-15-20)23(27)26-12-17-8-9-21(28-2)22(10-17)29-3/h4-11,13,15,25H,12,14H2,1-3H3,(H,26,27). The van der Waals surface area contributed by atoms with Crippen molar-refractivity contribution in [2.45, 2.75) is 20.0 Å². The summed E-state index contributed by atoms with van der Waals surface area (Å²) in [5.74, 6) is 1.09. The second-order valence-corrected chi connectivity index (χ2v) is 6.61. The van der Waals surface area contributed by atoms with Crippen LogP contribution >= 0.6 is 0 Å². The predicted octanol–water partition coefficient (Wildman–Crippen LogP) is 3.95. The SMILES string of the molecule is COc1ccc(CNC(=O)c2cncc(NCc3ccccc3C)c2)cc1OC. The molecule has 0 saturated carbocycles. The Kier molecular flexibility index (Phi) is 6.68. The number of anilines is 1. The largest absolute Gasteiger partial charge is 0.493 e. The molecule has 2 aromatic carbocycles. The van der Waals surface area contributed by atoms with E-state index in [0.717, 1.165) is 11.3 Å². The monoisotopic (exact) mass is 391 g/mol. The first-order valence-corrected chi connectivity index (χ1v) is 9.33. The van der Waals surface area contributed by atoms with Gasteiger partial charge in [-0.25, -0.2) is 0 Å². The van der Waals surface area contributed by atoms with Gasteiger partial charge in [0.25, 0.3) is 5.91 Å². The van der Waals surface area contributed by atoms with Crippen LogP contribution in [0.1, 0.15) is 27.0 Å². The third-order valence-electron chi connectivity index (χ3n) is 4.65. The number of benzene rings is 2. The summed E-state index contributed by atoms with van der Waals surface area (Å²) in [7, 11) is 3.17. The van der Waals surface area contributed by atoms with E-state index in [2.05, 4.69) is 34.7 Å². The maximum absolute atomic E-state index is 12.5. The highest BCUT2D eigenvalue weighted by molar-refractivity contribution is 5.94. The Bertz CT molecular complexity index is 989. The predicted molar refractivity (Wildman–Crippen MR) is 113 cm³/mol. The minimum absolute atomic E-state index is 0.188. The summed E-state index contributed by atoms with van der Waals surface area (Å²) >= 11 is 0. The molecule has 3 aromatic rings. The van der Waals surface area contributed by atoms with Gasteiger partial charge in [-0.05, 0) is 41.8 Å². The average molecular weight is 391 g/mol. The van der Waals surface area contributed by atoms with Crippen molar-refractivity contribution in [3.8, 4) is 11.5 Å². The first kappa shape index (κ1) is 20.2. The molecular weight excluding hydrogens is 366 g/mol. The molecule has 150 valence electrons. The number of aryl methyl sites for hydroxylation is 1. The molecule has 1 heterocycles. The second kappa shape index (κ2) is 9.59. The highest BCUT2D eigenvalue weighted by atomic mass is 16.5. The fraction of sp³-hybridized carbons (Fsp3) is 0.217. The molecule has 0 aliphatic heterocycles. The zero-order chi connectivity index (χ0) is 20.6. The van der Waals surface area contributed by atoms with Crippen molar-refractivity contribution in [3.63, 3.8) is 0 Å². The summed E-state index contributed by atoms with van der Waals surface area (Å²) in [6.45, 7) is 3.12. The fourth-order valence-electron chi connectivity index (χ4n) is 2.94. The topological polar surface area (TPSA) is 72.5 Å². The number of ether oxygens (including phenoxy) is 2. The Labute approximate surface area is 170 Å². The van der Waals surface area contributed by atoms with Crippen LogP contribution in [0.3, 0.4) is 0 Å². The molecule has 1 aromatic heterocycles. The molecule has 2 N–H and O–H groups in total. The van der Waals surface area contributed by atoms with Crippen LogP contribution in [0.5, 0.6) is 11.5 Å². The van der Waals surface area contributed by atoms with Crippen LogP contribution in [0, 0.1) is 6.92 Å². The molecule has 3 rings (SSSR count). The molecule has 0 radical (unpaired) electrons. The Morgan fingerprint density at radius 3 is 2.52 bits per heavy atom. The van der Waals surface area contributed by atoms with Crippen molar-refractivity contribution in [3.05, 3.63) is 83.2 Å². The average Bonchev–Trinajstić information content (AvgIpc) is 2.76. The maximum Gasteiger partial charge on any atom is 0.253 e. The Morgan fingerprint density at radius 2 is 1.76 bits per heavy atom. The number of carbonyl (C=O) groups excluding carboxylic acids is 1. The third kappa shape index (κ3) is 5.25. The minimum Gasteiger partial charge on any atom is -0.493 e. The number of nitrogens with one attached hydrogen (secondary N) is 2. The summed E-state index contributed by atoms with van der Waals surface area (Å²) in [5, 5.41) is 6.24. The number of carbonyl (C=O) groups is 1. The lowest BCUT2D eigenvalue weighted by molar-refractivity contribution is 0.0950. The number of pyridine rings is 1. The number of hydrogen-bond acceptors (Lipinski definition) is 5. The van der Waals surface area contributed by atoms with Gasteiger partial charge in [0.05, 0.1) is 25.5 Å². The molecule has 1 amide bonds. The van der Waals surface area contributed by atoms with Crippen molar-refractivity contribution in [1.82, 2.24) is 10.3 Å². The van der Waals surface area contributed by atoms with Crippen LogP contribution in [0.2, 0.25) is 0 Å². The Morgan fingerprint density at radius 1 is 0.966 bits per heavy atom. The van der Waals surface area contributed by atoms with E-state index in [9.17, 15) is 4.79 Å². The number of hydrogen-bond donors (Lipinski definition) is 2. The lowest BCUT2D eigenvalue weighted by Gasteiger charge is -2.11. The number of amides is 1. The number of methoxy groups -OCH3 is 2. The molecule has 29 heavy (non-hydrogen) atoms. The summed E-state index contributed by atoms with van der Waals surface area (Å²) in [4.78, 5) is 16.7. The van der Waals surface area contributed by atoms with Crippen LogP contribution in [0.15, 0.2) is 60.9 Å². The summed E-state index contributed by atoms with van der Waals surface area (Å²) < 4.78 is 10.5. The van der Waals surface area contributed by atoms with E-state index in [-0.39, 0.29) is 5.91 Å². The van der Waals surface area contributed by atoms with Crippen LogP contribution in [0.4, 0.5) is 5.69 Å². The Balaban J connectivity index is 1.61. The molecule has 6 nitrogen and oxygen atoms in total. The van der Waals surface area contributed by atoms with Gasteiger partial charge in [-0.15, -0.1) is 0 Å². The fourth-order valence-corrected chi connectivity index (χ4v) is 2.94. The number of nitrogens with zero attached hydrogens (tertiary/aromatic N) is 1. The van der Waals surface area contributed by atoms with Crippen LogP contribution < -0.4 is 20.1 Å². The van der Waals surface area contributed by atoms with Crippen molar-refractivity contribution >= 4 is 11.6 Å². The van der Waals surface area contributed by atoms with Gasteiger partial charge in [-0.1, -0.05) is 30.3 Å². The second-order valence-electron chi connectivity index (χ2n) is 6.61. The van der Waals surface area contributed by atoms with Crippen LogP contribution in [-0.2, 0) is 13.1 Å². The van der Waals surface area contributed by atoms with E-state index in [1.54, 1.807) is 32.7 Å². The van der Waals surface area contributed by atoms with Gasteiger partial charge in [-0.3, -0.25) is 9.78 Å². The summed E-state index contributed by atoms with van der Waals surface area (Å²) in [5.41, 5.74) is 4.64. The lowest BCUT2D eigenvalue weighted by atomic mass is 10.1. The maximum atomic E-state index is 12.5. The van der Waals surface area contributed by atoms with Crippen LogP contribution in [0.25, 0.3) is 0 Å². The van der Waals surface area contributed by atoms with Gasteiger partial charge in [0, 0.05) is 25.5 Å². The third-order valence-corrected chi connectivity index (χ3v) is 4.65. The van der Waals surface area contributed by atoms with E-state index in [1.165, 1.54) is 11.1 Å². The zero-order valence-electron chi connectivity index (χ0n) is 16.9. The van der Waals surface area contributed by atoms with E-state index < -0.39 is 0 Å². The minimum atomic E-state index is -0.188. The smallest absolute Gasteiger partial charge is 0.253 e. The first-order chi connectivity index (χ1) is 14.1. The molecule has 0 spiro atoms. The van der Waals surface area contributed by atoms with Crippen molar-refractivity contribution in [2.24, 2.45) is 0 Å². The summed E-state index contributed by atoms with van der Waals surface area (Å²) in [6.07, 6.45) is 3.27. The van der Waals surface area contributed by atoms with E-state index in [4.69, 9.17) is 9.47 Å². The highest BCUT2D eigenvalue weighted by Crippen LogP contribution is 2.27. The van der Waals surface area contributed by atoms with Gasteiger partial charge in [0.1, 0.15) is 0 Å². The molecular formula is C23H25N3O3. The van der Waals surface area contributed by atoms with Gasteiger partial charge in [-0.2, -0.15) is 0 Å². The van der Waals surface area contributed by atoms with Crippen LogP contribution in [-0.4, -0.2) is 25.1 Å². The van der Waals surface area contributed by atoms with Crippen molar-refractivity contribution in [2.75, 3.05) is 19.5 Å². The molecule has 0 aliphatic rings. The lowest BCUT2D eigenvalue weighted by Crippen LogP contribution is -2.23. The molecule has 0 bridgehead atoms. The zero-order valence-corrected chi connectivity index (χ0v) is 16.9. The Hall–Kier alpha value is -3.54.